The molecule has 0 atom stereocenters. The fraction of sp³-hybridized carbons (Fsp3) is 0.235. The Morgan fingerprint density at radius 1 is 1.18 bits per heavy atom. The first kappa shape index (κ1) is 16.6. The lowest BCUT2D eigenvalue weighted by atomic mass is 10.2. The third-order valence-corrected chi connectivity index (χ3v) is 4.10. The molecule has 0 unspecified atom stereocenters. The third-order valence-electron chi connectivity index (χ3n) is 3.21. The van der Waals surface area contributed by atoms with Gasteiger partial charge in [0.15, 0.2) is 0 Å². The molecule has 2 rings (SSSR count). The molecule has 0 aromatic heterocycles. The van der Waals surface area contributed by atoms with Crippen molar-refractivity contribution in [2.24, 2.45) is 0 Å². The van der Waals surface area contributed by atoms with Crippen LogP contribution in [0.4, 0.5) is 10.1 Å². The van der Waals surface area contributed by atoms with E-state index in [9.17, 15) is 9.18 Å². The van der Waals surface area contributed by atoms with E-state index in [1.54, 1.807) is 12.1 Å². The van der Waals surface area contributed by atoms with Crippen LogP contribution in [0.1, 0.15) is 17.5 Å². The Kier molecular flexibility index (Phi) is 6.10. The first-order chi connectivity index (χ1) is 10.5. The molecule has 22 heavy (non-hydrogen) atoms. The van der Waals surface area contributed by atoms with Crippen molar-refractivity contribution in [3.63, 3.8) is 0 Å². The van der Waals surface area contributed by atoms with E-state index < -0.39 is 0 Å². The summed E-state index contributed by atoms with van der Waals surface area (Å²) in [5.74, 6) is -0.277. The SMILES string of the molecule is Cc1cc(NC(=O)CCNCc2ccc(F)cc2)ccc1Br. The van der Waals surface area contributed by atoms with Crippen LogP contribution in [0.2, 0.25) is 0 Å². The lowest BCUT2D eigenvalue weighted by Gasteiger charge is -2.08. The van der Waals surface area contributed by atoms with Gasteiger partial charge in [0.1, 0.15) is 5.82 Å². The summed E-state index contributed by atoms with van der Waals surface area (Å²) in [6, 6.07) is 12.0. The number of aryl methyl sites for hydroxylation is 1. The van der Waals surface area contributed by atoms with Crippen LogP contribution >= 0.6 is 15.9 Å². The summed E-state index contributed by atoms with van der Waals surface area (Å²) in [6.07, 6.45) is 0.385. The lowest BCUT2D eigenvalue weighted by Crippen LogP contribution is -2.21. The Balaban J connectivity index is 1.71. The number of hydrogen-bond acceptors (Lipinski definition) is 2. The van der Waals surface area contributed by atoms with Gasteiger partial charge in [-0.2, -0.15) is 0 Å². The molecule has 3 nitrogen and oxygen atoms in total. The average Bonchev–Trinajstić information content (AvgIpc) is 2.49. The summed E-state index contributed by atoms with van der Waals surface area (Å²) in [5.41, 5.74) is 2.86. The number of carbonyl (C=O) groups excluding carboxylic acids is 1. The maximum atomic E-state index is 12.8. The van der Waals surface area contributed by atoms with Crippen molar-refractivity contribution in [3.05, 3.63) is 63.9 Å². The van der Waals surface area contributed by atoms with Crippen molar-refractivity contribution in [2.45, 2.75) is 19.9 Å². The molecule has 1 amide bonds. The van der Waals surface area contributed by atoms with Crippen molar-refractivity contribution >= 4 is 27.5 Å². The second kappa shape index (κ2) is 8.06. The molecule has 0 heterocycles. The Labute approximate surface area is 138 Å². The molecule has 0 radical (unpaired) electrons. The number of halogens is 2. The zero-order chi connectivity index (χ0) is 15.9. The van der Waals surface area contributed by atoms with Crippen LogP contribution in [0.5, 0.6) is 0 Å². The van der Waals surface area contributed by atoms with Crippen molar-refractivity contribution < 1.29 is 9.18 Å². The molecule has 0 aliphatic carbocycles. The number of carbonyl (C=O) groups is 1. The van der Waals surface area contributed by atoms with Gasteiger partial charge in [0.25, 0.3) is 0 Å². The predicted octanol–water partition coefficient (Wildman–Crippen LogP) is 4.02. The van der Waals surface area contributed by atoms with Crippen molar-refractivity contribution in [1.29, 1.82) is 0 Å². The summed E-state index contributed by atoms with van der Waals surface area (Å²) in [6.45, 7) is 3.16. The van der Waals surface area contributed by atoms with Gasteiger partial charge in [0.05, 0.1) is 0 Å². The normalized spacial score (nSPS) is 10.5. The van der Waals surface area contributed by atoms with E-state index in [1.807, 2.05) is 25.1 Å². The summed E-state index contributed by atoms with van der Waals surface area (Å²) in [4.78, 5) is 11.9. The van der Waals surface area contributed by atoms with Gasteiger partial charge in [0, 0.05) is 29.7 Å². The minimum absolute atomic E-state index is 0.0340. The average molecular weight is 365 g/mol. The maximum Gasteiger partial charge on any atom is 0.225 e. The van der Waals surface area contributed by atoms with Gasteiger partial charge in [-0.05, 0) is 48.4 Å². The van der Waals surface area contributed by atoms with Gasteiger partial charge in [-0.15, -0.1) is 0 Å². The molecule has 0 aliphatic rings. The first-order valence-electron chi connectivity index (χ1n) is 7.06. The second-order valence-electron chi connectivity index (χ2n) is 5.07. The fourth-order valence-corrected chi connectivity index (χ4v) is 2.23. The number of nitrogens with one attached hydrogen (secondary N) is 2. The highest BCUT2D eigenvalue weighted by molar-refractivity contribution is 9.10. The Bertz CT molecular complexity index is 644. The fourth-order valence-electron chi connectivity index (χ4n) is 1.98. The molecule has 2 N–H and O–H groups in total. The standard InChI is InChI=1S/C17H18BrFN2O/c1-12-10-15(6-7-16(12)18)21-17(22)8-9-20-11-13-2-4-14(19)5-3-13/h2-7,10,20H,8-9,11H2,1H3,(H,21,22). The van der Waals surface area contributed by atoms with E-state index in [0.29, 0.717) is 19.5 Å². The molecule has 0 aliphatic heterocycles. The highest BCUT2D eigenvalue weighted by Gasteiger charge is 2.03. The third kappa shape index (κ3) is 5.24. The molecule has 0 saturated carbocycles. The summed E-state index contributed by atoms with van der Waals surface area (Å²) < 4.78 is 13.8. The van der Waals surface area contributed by atoms with Crippen LogP contribution < -0.4 is 10.6 Å². The number of rotatable bonds is 6. The van der Waals surface area contributed by atoms with Crippen LogP contribution in [0.3, 0.4) is 0 Å². The molecule has 116 valence electrons. The Hall–Kier alpha value is -1.72. The number of amides is 1. The largest absolute Gasteiger partial charge is 0.326 e. The highest BCUT2D eigenvalue weighted by Crippen LogP contribution is 2.19. The van der Waals surface area contributed by atoms with Crippen LogP contribution in [-0.2, 0) is 11.3 Å². The summed E-state index contributed by atoms with van der Waals surface area (Å²) >= 11 is 3.43. The number of anilines is 1. The molecule has 5 heteroatoms. The zero-order valence-electron chi connectivity index (χ0n) is 12.3. The number of hydrogen-bond donors (Lipinski definition) is 2. The molecule has 2 aromatic carbocycles. The summed E-state index contributed by atoms with van der Waals surface area (Å²) in [7, 11) is 0. The monoisotopic (exact) mass is 364 g/mol. The van der Waals surface area contributed by atoms with Gasteiger partial charge in [-0.25, -0.2) is 4.39 Å². The number of benzene rings is 2. The zero-order valence-corrected chi connectivity index (χ0v) is 13.9. The second-order valence-corrected chi connectivity index (χ2v) is 5.92. The minimum atomic E-state index is -0.243. The van der Waals surface area contributed by atoms with Gasteiger partial charge < -0.3 is 10.6 Å². The molecule has 0 saturated heterocycles. The van der Waals surface area contributed by atoms with Gasteiger partial charge in [-0.1, -0.05) is 28.1 Å². The van der Waals surface area contributed by atoms with Crippen molar-refractivity contribution in [1.82, 2.24) is 5.32 Å². The Morgan fingerprint density at radius 3 is 2.59 bits per heavy atom. The van der Waals surface area contributed by atoms with E-state index >= 15 is 0 Å². The van der Waals surface area contributed by atoms with Crippen molar-refractivity contribution in [3.8, 4) is 0 Å². The topological polar surface area (TPSA) is 41.1 Å². The van der Waals surface area contributed by atoms with Crippen LogP contribution in [0.15, 0.2) is 46.9 Å². The first-order valence-corrected chi connectivity index (χ1v) is 7.85. The van der Waals surface area contributed by atoms with Gasteiger partial charge in [-0.3, -0.25) is 4.79 Å². The van der Waals surface area contributed by atoms with Crippen molar-refractivity contribution in [2.75, 3.05) is 11.9 Å². The molecule has 0 spiro atoms. The molecule has 0 fully saturated rings. The maximum absolute atomic E-state index is 12.8. The van der Waals surface area contributed by atoms with E-state index in [4.69, 9.17) is 0 Å². The van der Waals surface area contributed by atoms with E-state index in [-0.39, 0.29) is 11.7 Å². The molecular weight excluding hydrogens is 347 g/mol. The lowest BCUT2D eigenvalue weighted by molar-refractivity contribution is -0.116. The van der Waals surface area contributed by atoms with E-state index in [1.165, 1.54) is 12.1 Å². The quantitative estimate of drug-likeness (QED) is 0.760. The van der Waals surface area contributed by atoms with E-state index in [0.717, 1.165) is 21.3 Å². The smallest absolute Gasteiger partial charge is 0.225 e. The Morgan fingerprint density at radius 2 is 1.91 bits per heavy atom. The highest BCUT2D eigenvalue weighted by atomic mass is 79.9. The predicted molar refractivity (Wildman–Crippen MR) is 90.2 cm³/mol. The van der Waals surface area contributed by atoms with E-state index in [2.05, 4.69) is 26.6 Å². The van der Waals surface area contributed by atoms with Crippen LogP contribution in [0.25, 0.3) is 0 Å². The van der Waals surface area contributed by atoms with Gasteiger partial charge >= 0.3 is 0 Å². The minimum Gasteiger partial charge on any atom is -0.326 e. The van der Waals surface area contributed by atoms with Crippen LogP contribution in [0, 0.1) is 12.7 Å². The molecule has 0 bridgehead atoms. The summed E-state index contributed by atoms with van der Waals surface area (Å²) in [5, 5.41) is 6.03. The van der Waals surface area contributed by atoms with Crippen LogP contribution in [-0.4, -0.2) is 12.5 Å². The van der Waals surface area contributed by atoms with Gasteiger partial charge in [0.2, 0.25) is 5.91 Å². The molecule has 2 aromatic rings. The molecular formula is C17H18BrFN2O.